The van der Waals surface area contributed by atoms with E-state index in [-0.39, 0.29) is 11.3 Å². The molecule has 1 aromatic carbocycles. The third-order valence-corrected chi connectivity index (χ3v) is 6.58. The van der Waals surface area contributed by atoms with Crippen molar-refractivity contribution in [1.29, 1.82) is 5.26 Å². The summed E-state index contributed by atoms with van der Waals surface area (Å²) in [4.78, 5) is 1.72. The first kappa shape index (κ1) is 15.1. The van der Waals surface area contributed by atoms with Gasteiger partial charge in [0.1, 0.15) is 17.3 Å². The highest BCUT2D eigenvalue weighted by molar-refractivity contribution is 8.01. The summed E-state index contributed by atoms with van der Waals surface area (Å²) >= 11 is 1.58. The van der Waals surface area contributed by atoms with Crippen LogP contribution in [0.25, 0.3) is 0 Å². The summed E-state index contributed by atoms with van der Waals surface area (Å²) < 4.78 is 37.6. The van der Waals surface area contributed by atoms with Gasteiger partial charge in [-0.05, 0) is 18.2 Å². The quantitative estimate of drug-likeness (QED) is 0.854. The van der Waals surface area contributed by atoms with Crippen LogP contribution in [0.2, 0.25) is 0 Å². The molecule has 0 aromatic heterocycles. The first-order valence-electron chi connectivity index (χ1n) is 6.25. The van der Waals surface area contributed by atoms with Crippen molar-refractivity contribution in [3.05, 3.63) is 29.6 Å². The normalized spacial score (nSPS) is 19.6. The molecule has 108 valence electrons. The van der Waals surface area contributed by atoms with Crippen LogP contribution in [-0.4, -0.2) is 37.6 Å². The van der Waals surface area contributed by atoms with Gasteiger partial charge in [0.15, 0.2) is 9.84 Å². The smallest absolute Gasteiger partial charge is 0.171 e. The van der Waals surface area contributed by atoms with E-state index in [0.29, 0.717) is 18.0 Å². The van der Waals surface area contributed by atoms with Crippen LogP contribution in [0.1, 0.15) is 12.5 Å². The number of hydrogen-bond donors (Lipinski definition) is 0. The van der Waals surface area contributed by atoms with E-state index in [1.54, 1.807) is 23.6 Å². The predicted molar refractivity (Wildman–Crippen MR) is 79.0 cm³/mol. The van der Waals surface area contributed by atoms with Crippen LogP contribution in [0.15, 0.2) is 18.2 Å². The molecule has 1 unspecified atom stereocenters. The molecule has 0 bridgehead atoms. The molecule has 1 saturated heterocycles. The summed E-state index contributed by atoms with van der Waals surface area (Å²) in [5.74, 6) is 0.820. The van der Waals surface area contributed by atoms with Crippen molar-refractivity contribution in [3.63, 3.8) is 0 Å². The van der Waals surface area contributed by atoms with E-state index < -0.39 is 21.0 Å². The zero-order valence-electron chi connectivity index (χ0n) is 11.0. The SMILES string of the molecule is CCS(=O)(=O)C1CSCCN1c1ccc(F)cc1C#N. The van der Waals surface area contributed by atoms with Gasteiger partial charge in [0.05, 0.1) is 11.3 Å². The van der Waals surface area contributed by atoms with Gasteiger partial charge in [-0.15, -0.1) is 0 Å². The van der Waals surface area contributed by atoms with Gasteiger partial charge < -0.3 is 4.90 Å². The van der Waals surface area contributed by atoms with Gasteiger partial charge in [-0.3, -0.25) is 0 Å². The summed E-state index contributed by atoms with van der Waals surface area (Å²) in [5, 5.41) is 8.47. The summed E-state index contributed by atoms with van der Waals surface area (Å²) in [6, 6.07) is 5.83. The largest absolute Gasteiger partial charge is 0.352 e. The van der Waals surface area contributed by atoms with Crippen molar-refractivity contribution >= 4 is 27.3 Å². The zero-order valence-corrected chi connectivity index (χ0v) is 12.7. The number of hydrogen-bond acceptors (Lipinski definition) is 5. The van der Waals surface area contributed by atoms with Crippen molar-refractivity contribution in [1.82, 2.24) is 0 Å². The second kappa shape index (κ2) is 6.02. The van der Waals surface area contributed by atoms with Gasteiger partial charge in [-0.25, -0.2) is 12.8 Å². The Kier molecular flexibility index (Phi) is 4.55. The third kappa shape index (κ3) is 2.91. The van der Waals surface area contributed by atoms with Gasteiger partial charge in [0.25, 0.3) is 0 Å². The van der Waals surface area contributed by atoms with E-state index in [0.717, 1.165) is 11.8 Å². The predicted octanol–water partition coefficient (Wildman–Crippen LogP) is 2.01. The molecular weight excluding hydrogens is 299 g/mol. The summed E-state index contributed by atoms with van der Waals surface area (Å²) in [5.41, 5.74) is 0.671. The second-order valence-electron chi connectivity index (χ2n) is 4.45. The Balaban J connectivity index is 2.46. The number of nitriles is 1. The monoisotopic (exact) mass is 314 g/mol. The molecule has 1 atom stereocenters. The topological polar surface area (TPSA) is 61.2 Å². The molecule has 7 heteroatoms. The molecule has 20 heavy (non-hydrogen) atoms. The molecule has 2 rings (SSSR count). The summed E-state index contributed by atoms with van der Waals surface area (Å²) in [6.45, 7) is 2.15. The number of sulfone groups is 1. The second-order valence-corrected chi connectivity index (χ2v) is 8.04. The lowest BCUT2D eigenvalue weighted by atomic mass is 10.1. The maximum absolute atomic E-state index is 13.2. The van der Waals surface area contributed by atoms with Crippen LogP contribution in [0.3, 0.4) is 0 Å². The molecule has 0 aliphatic carbocycles. The molecule has 1 heterocycles. The lowest BCUT2D eigenvalue weighted by Crippen LogP contribution is -2.48. The van der Waals surface area contributed by atoms with Crippen LogP contribution < -0.4 is 4.90 Å². The van der Waals surface area contributed by atoms with Gasteiger partial charge in [-0.1, -0.05) is 6.92 Å². The molecule has 0 spiro atoms. The number of rotatable bonds is 3. The average molecular weight is 314 g/mol. The molecule has 0 saturated carbocycles. The van der Waals surface area contributed by atoms with Crippen molar-refractivity contribution in [3.8, 4) is 6.07 Å². The maximum atomic E-state index is 13.2. The van der Waals surface area contributed by atoms with Gasteiger partial charge in [-0.2, -0.15) is 17.0 Å². The van der Waals surface area contributed by atoms with Gasteiger partial charge in [0, 0.05) is 23.8 Å². The Morgan fingerprint density at radius 1 is 1.55 bits per heavy atom. The van der Waals surface area contributed by atoms with Crippen molar-refractivity contribution in [2.24, 2.45) is 0 Å². The highest BCUT2D eigenvalue weighted by atomic mass is 32.2. The Morgan fingerprint density at radius 3 is 2.95 bits per heavy atom. The van der Waals surface area contributed by atoms with E-state index in [1.807, 2.05) is 6.07 Å². The standard InChI is InChI=1S/C13H15FN2O2S2/c1-2-20(17,18)13-9-19-6-5-16(13)12-4-3-11(14)7-10(12)8-15/h3-4,7,13H,2,5-6,9H2,1H3. The Labute approximate surface area is 122 Å². The highest BCUT2D eigenvalue weighted by Crippen LogP contribution is 2.30. The van der Waals surface area contributed by atoms with E-state index in [9.17, 15) is 12.8 Å². The number of anilines is 1. The summed E-state index contributed by atoms with van der Waals surface area (Å²) in [6.07, 6.45) is 0. The van der Waals surface area contributed by atoms with Crippen LogP contribution in [0.4, 0.5) is 10.1 Å². The molecule has 1 fully saturated rings. The molecule has 1 aromatic rings. The lowest BCUT2D eigenvalue weighted by Gasteiger charge is -2.36. The molecule has 0 N–H and O–H groups in total. The summed E-state index contributed by atoms with van der Waals surface area (Å²) in [7, 11) is -3.25. The zero-order chi connectivity index (χ0) is 14.8. The number of halogens is 1. The van der Waals surface area contributed by atoms with E-state index >= 15 is 0 Å². The molecule has 1 aliphatic heterocycles. The molecule has 0 amide bonds. The molecule has 0 radical (unpaired) electrons. The first-order valence-corrected chi connectivity index (χ1v) is 9.12. The van der Waals surface area contributed by atoms with E-state index in [2.05, 4.69) is 0 Å². The van der Waals surface area contributed by atoms with Gasteiger partial charge >= 0.3 is 0 Å². The Hall–Kier alpha value is -1.26. The molecule has 4 nitrogen and oxygen atoms in total. The van der Waals surface area contributed by atoms with Crippen molar-refractivity contribution < 1.29 is 12.8 Å². The minimum absolute atomic E-state index is 0.0534. The fraction of sp³-hybridized carbons (Fsp3) is 0.462. The Bertz CT molecular complexity index is 640. The lowest BCUT2D eigenvalue weighted by molar-refractivity contribution is 0.579. The number of benzene rings is 1. The Morgan fingerprint density at radius 2 is 2.30 bits per heavy atom. The fourth-order valence-corrected chi connectivity index (χ4v) is 5.18. The molecule has 1 aliphatic rings. The van der Waals surface area contributed by atoms with Gasteiger partial charge in [0.2, 0.25) is 0 Å². The van der Waals surface area contributed by atoms with Crippen molar-refractivity contribution in [2.75, 3.05) is 28.7 Å². The maximum Gasteiger partial charge on any atom is 0.171 e. The van der Waals surface area contributed by atoms with Crippen molar-refractivity contribution in [2.45, 2.75) is 12.3 Å². The van der Waals surface area contributed by atoms with E-state index in [4.69, 9.17) is 5.26 Å². The van der Waals surface area contributed by atoms with E-state index in [1.165, 1.54) is 12.1 Å². The average Bonchev–Trinajstić information content (AvgIpc) is 2.47. The minimum atomic E-state index is -3.25. The minimum Gasteiger partial charge on any atom is -0.352 e. The number of thioether (sulfide) groups is 1. The van der Waals surface area contributed by atoms with Crippen LogP contribution >= 0.6 is 11.8 Å². The first-order chi connectivity index (χ1) is 9.49. The third-order valence-electron chi connectivity index (χ3n) is 3.29. The number of nitrogens with zero attached hydrogens (tertiary/aromatic N) is 2. The molecular formula is C13H15FN2O2S2. The highest BCUT2D eigenvalue weighted by Gasteiger charge is 2.34. The van der Waals surface area contributed by atoms with Crippen LogP contribution in [0.5, 0.6) is 0 Å². The van der Waals surface area contributed by atoms with Crippen LogP contribution in [-0.2, 0) is 9.84 Å². The van der Waals surface area contributed by atoms with Crippen LogP contribution in [0, 0.1) is 17.1 Å². The fourth-order valence-electron chi connectivity index (χ4n) is 2.19.